The number of nitrogens with one attached hydrogen (secondary N) is 2. The van der Waals surface area contributed by atoms with Crippen LogP contribution in [0.5, 0.6) is 0 Å². The van der Waals surface area contributed by atoms with Crippen LogP contribution in [0.15, 0.2) is 24.3 Å². The third kappa shape index (κ3) is 2.64. The summed E-state index contributed by atoms with van der Waals surface area (Å²) in [5.41, 5.74) is 1.79. The molecule has 1 aromatic carbocycles. The van der Waals surface area contributed by atoms with Gasteiger partial charge in [0.1, 0.15) is 0 Å². The zero-order valence-corrected chi connectivity index (χ0v) is 16.4. The molecule has 2 aromatic rings. The number of aromatic nitrogens is 2. The SMILES string of the molecule is CC(C)(C)C(=O)N1Cc2c(NC(=O)c3ccc(P)cc3)n[nH]c2C12CC2. The molecule has 0 bridgehead atoms. The summed E-state index contributed by atoms with van der Waals surface area (Å²) in [7, 11) is 2.60. The van der Waals surface area contributed by atoms with Crippen molar-refractivity contribution in [2.24, 2.45) is 5.41 Å². The van der Waals surface area contributed by atoms with Gasteiger partial charge in [0.25, 0.3) is 5.91 Å². The van der Waals surface area contributed by atoms with Crippen LogP contribution in [0.1, 0.15) is 55.2 Å². The van der Waals surface area contributed by atoms with Crippen molar-refractivity contribution >= 4 is 32.2 Å². The van der Waals surface area contributed by atoms with E-state index in [1.165, 1.54) is 0 Å². The fourth-order valence-corrected chi connectivity index (χ4v) is 3.77. The molecule has 2 amide bonds. The highest BCUT2D eigenvalue weighted by Crippen LogP contribution is 2.57. The Hall–Kier alpha value is -2.20. The van der Waals surface area contributed by atoms with Gasteiger partial charge in [-0.05, 0) is 30.3 Å². The summed E-state index contributed by atoms with van der Waals surface area (Å²) in [6, 6.07) is 7.31. The molecule has 1 fully saturated rings. The maximum atomic E-state index is 12.9. The minimum atomic E-state index is -0.435. The van der Waals surface area contributed by atoms with Crippen LogP contribution in [0, 0.1) is 5.41 Å². The van der Waals surface area contributed by atoms with Crippen LogP contribution < -0.4 is 10.6 Å². The number of nitrogens with zero attached hydrogens (tertiary/aromatic N) is 2. The number of hydrogen-bond donors (Lipinski definition) is 2. The predicted molar refractivity (Wildman–Crippen MR) is 103 cm³/mol. The zero-order valence-electron chi connectivity index (χ0n) is 15.2. The van der Waals surface area contributed by atoms with Crippen molar-refractivity contribution in [2.45, 2.75) is 45.7 Å². The average Bonchev–Trinajstić information content (AvgIpc) is 3.18. The van der Waals surface area contributed by atoms with Gasteiger partial charge in [-0.2, -0.15) is 5.10 Å². The summed E-state index contributed by atoms with van der Waals surface area (Å²) in [5, 5.41) is 11.3. The van der Waals surface area contributed by atoms with Gasteiger partial charge in [-0.1, -0.05) is 32.9 Å². The smallest absolute Gasteiger partial charge is 0.256 e. The Balaban J connectivity index is 1.59. The molecule has 7 heteroatoms. The number of hydrogen-bond acceptors (Lipinski definition) is 3. The Morgan fingerprint density at radius 2 is 1.88 bits per heavy atom. The second kappa shape index (κ2) is 5.65. The van der Waals surface area contributed by atoms with Crippen molar-refractivity contribution in [2.75, 3.05) is 5.32 Å². The van der Waals surface area contributed by atoms with Gasteiger partial charge in [-0.25, -0.2) is 0 Å². The molecule has 0 radical (unpaired) electrons. The van der Waals surface area contributed by atoms with Crippen molar-refractivity contribution in [1.29, 1.82) is 0 Å². The highest BCUT2D eigenvalue weighted by molar-refractivity contribution is 7.27. The second-order valence-corrected chi connectivity index (χ2v) is 8.84. The lowest BCUT2D eigenvalue weighted by atomic mass is 9.94. The molecule has 136 valence electrons. The number of amides is 2. The first-order valence-electron chi connectivity index (χ1n) is 8.79. The average molecular weight is 370 g/mol. The van der Waals surface area contributed by atoms with E-state index in [2.05, 4.69) is 24.8 Å². The number of carbonyl (C=O) groups excluding carboxylic acids is 2. The fraction of sp³-hybridized carbons (Fsp3) is 0.421. The Morgan fingerprint density at radius 1 is 1.23 bits per heavy atom. The molecule has 0 saturated heterocycles. The van der Waals surface area contributed by atoms with Crippen LogP contribution in [0.25, 0.3) is 0 Å². The van der Waals surface area contributed by atoms with E-state index in [-0.39, 0.29) is 17.4 Å². The van der Waals surface area contributed by atoms with E-state index in [9.17, 15) is 9.59 Å². The van der Waals surface area contributed by atoms with E-state index in [1.807, 2.05) is 37.8 Å². The molecule has 1 aliphatic heterocycles. The lowest BCUT2D eigenvalue weighted by molar-refractivity contribution is -0.143. The van der Waals surface area contributed by atoms with E-state index < -0.39 is 5.41 Å². The Kier molecular flexibility index (Phi) is 3.74. The quantitative estimate of drug-likeness (QED) is 0.798. The zero-order chi connectivity index (χ0) is 18.7. The topological polar surface area (TPSA) is 78.1 Å². The largest absolute Gasteiger partial charge is 0.326 e. The molecule has 4 rings (SSSR count). The number of rotatable bonds is 2. The summed E-state index contributed by atoms with van der Waals surface area (Å²) >= 11 is 0. The van der Waals surface area contributed by atoms with Gasteiger partial charge in [-0.15, -0.1) is 9.24 Å². The molecule has 1 spiro atoms. The number of benzene rings is 1. The van der Waals surface area contributed by atoms with Gasteiger partial charge in [0.05, 0.1) is 17.8 Å². The number of anilines is 1. The predicted octanol–water partition coefficient (Wildman–Crippen LogP) is 2.54. The van der Waals surface area contributed by atoms with Gasteiger partial charge in [0, 0.05) is 16.5 Å². The molecule has 1 aliphatic carbocycles. The molecule has 2 N–H and O–H groups in total. The first-order valence-corrected chi connectivity index (χ1v) is 9.37. The summed E-state index contributed by atoms with van der Waals surface area (Å²) in [5.74, 6) is 0.457. The molecule has 2 heterocycles. The van der Waals surface area contributed by atoms with Crippen LogP contribution in [0.4, 0.5) is 5.82 Å². The molecule has 6 nitrogen and oxygen atoms in total. The standard InChI is InChI=1S/C19H23N4O2P/c1-18(2,3)17(25)23-10-13-14(19(23)8-9-19)21-22-15(13)20-16(24)11-4-6-12(26)7-5-11/h4-7H,8-10,26H2,1-3H3,(H2,20,21,22,24). The Labute approximate surface area is 154 Å². The normalized spacial score (nSPS) is 17.3. The van der Waals surface area contributed by atoms with Crippen molar-refractivity contribution in [1.82, 2.24) is 15.1 Å². The van der Waals surface area contributed by atoms with E-state index in [0.29, 0.717) is 17.9 Å². The van der Waals surface area contributed by atoms with Gasteiger partial charge in [0.2, 0.25) is 5.91 Å². The number of aromatic amines is 1. The molecular formula is C19H23N4O2P. The van der Waals surface area contributed by atoms with E-state index in [1.54, 1.807) is 12.1 Å². The van der Waals surface area contributed by atoms with Gasteiger partial charge in [-0.3, -0.25) is 14.7 Å². The maximum absolute atomic E-state index is 12.9. The van der Waals surface area contributed by atoms with Crippen LogP contribution >= 0.6 is 9.24 Å². The first-order chi connectivity index (χ1) is 12.2. The lowest BCUT2D eigenvalue weighted by Gasteiger charge is -2.31. The maximum Gasteiger partial charge on any atom is 0.256 e. The van der Waals surface area contributed by atoms with Gasteiger partial charge in [0.15, 0.2) is 5.82 Å². The number of fused-ring (bicyclic) bond motifs is 2. The fourth-order valence-electron chi connectivity index (χ4n) is 3.58. The molecule has 26 heavy (non-hydrogen) atoms. The Bertz CT molecular complexity index is 891. The molecule has 2 aliphatic rings. The van der Waals surface area contributed by atoms with Crippen molar-refractivity contribution in [3.63, 3.8) is 0 Å². The Morgan fingerprint density at radius 3 is 2.46 bits per heavy atom. The lowest BCUT2D eigenvalue weighted by Crippen LogP contribution is -2.42. The number of H-pyrrole nitrogens is 1. The van der Waals surface area contributed by atoms with E-state index >= 15 is 0 Å². The third-order valence-electron chi connectivity index (χ3n) is 5.18. The van der Waals surface area contributed by atoms with E-state index in [4.69, 9.17) is 0 Å². The minimum Gasteiger partial charge on any atom is -0.326 e. The number of carbonyl (C=O) groups is 2. The van der Waals surface area contributed by atoms with Crippen LogP contribution in [-0.2, 0) is 16.9 Å². The van der Waals surface area contributed by atoms with E-state index in [0.717, 1.165) is 29.4 Å². The third-order valence-corrected chi connectivity index (χ3v) is 5.57. The van der Waals surface area contributed by atoms with Crippen LogP contribution in [-0.4, -0.2) is 26.9 Å². The summed E-state index contributed by atoms with van der Waals surface area (Å²) in [6.45, 7) is 6.31. The van der Waals surface area contributed by atoms with Gasteiger partial charge < -0.3 is 10.2 Å². The van der Waals surface area contributed by atoms with Crippen molar-refractivity contribution < 1.29 is 9.59 Å². The molecule has 1 saturated carbocycles. The summed E-state index contributed by atoms with van der Waals surface area (Å²) < 4.78 is 0. The molecule has 1 unspecified atom stereocenters. The van der Waals surface area contributed by atoms with Crippen molar-refractivity contribution in [3.8, 4) is 0 Å². The molecule has 1 aromatic heterocycles. The second-order valence-electron chi connectivity index (χ2n) is 8.17. The van der Waals surface area contributed by atoms with Gasteiger partial charge >= 0.3 is 0 Å². The minimum absolute atomic E-state index is 0.132. The summed E-state index contributed by atoms with van der Waals surface area (Å²) in [4.78, 5) is 27.4. The van der Waals surface area contributed by atoms with Crippen molar-refractivity contribution in [3.05, 3.63) is 41.1 Å². The highest BCUT2D eigenvalue weighted by atomic mass is 31.0. The van der Waals surface area contributed by atoms with Crippen LogP contribution in [0.3, 0.4) is 0 Å². The summed E-state index contributed by atoms with van der Waals surface area (Å²) in [6.07, 6.45) is 1.88. The van der Waals surface area contributed by atoms with Crippen LogP contribution in [0.2, 0.25) is 0 Å². The highest BCUT2D eigenvalue weighted by Gasteiger charge is 2.59. The first kappa shape index (κ1) is 17.2. The molecular weight excluding hydrogens is 347 g/mol. The monoisotopic (exact) mass is 370 g/mol. The molecule has 1 atom stereocenters.